The zero-order chi connectivity index (χ0) is 21.4. The molecule has 2 aromatic rings. The second-order valence-electron chi connectivity index (χ2n) is 6.45. The molecule has 2 N–H and O–H groups in total. The summed E-state index contributed by atoms with van der Waals surface area (Å²) in [7, 11) is 0. The smallest absolute Gasteiger partial charge is 0.344 e. The molecule has 29 heavy (non-hydrogen) atoms. The molecule has 1 atom stereocenters. The van der Waals surface area contributed by atoms with Crippen molar-refractivity contribution in [1.82, 2.24) is 0 Å². The van der Waals surface area contributed by atoms with Crippen molar-refractivity contribution in [3.8, 4) is 5.75 Å². The number of carbonyl (C=O) groups is 3. The summed E-state index contributed by atoms with van der Waals surface area (Å²) in [5.74, 6) is -0.758. The maximum Gasteiger partial charge on any atom is 0.344 e. The maximum atomic E-state index is 12.6. The van der Waals surface area contributed by atoms with Crippen molar-refractivity contribution in [3.63, 3.8) is 0 Å². The Morgan fingerprint density at radius 3 is 2.07 bits per heavy atom. The van der Waals surface area contributed by atoms with E-state index in [1.807, 2.05) is 0 Å². The summed E-state index contributed by atoms with van der Waals surface area (Å²) < 4.78 is 10.1. The zero-order valence-electron chi connectivity index (χ0n) is 16.3. The largest absolute Gasteiger partial charge is 0.482 e. The van der Waals surface area contributed by atoms with Gasteiger partial charge >= 0.3 is 5.97 Å². The average molecular weight is 413 g/mol. The number of rotatable bonds is 10. The molecule has 1 unspecified atom stereocenters. The van der Waals surface area contributed by atoms with E-state index >= 15 is 0 Å². The van der Waals surface area contributed by atoms with E-state index < -0.39 is 11.9 Å². The van der Waals surface area contributed by atoms with E-state index in [9.17, 15) is 14.4 Å². The van der Waals surface area contributed by atoms with E-state index in [1.54, 1.807) is 62.4 Å². The molecule has 0 aliphatic heterocycles. The van der Waals surface area contributed by atoms with Gasteiger partial charge in [-0.1, -0.05) is 43.4 Å². The highest BCUT2D eigenvalue weighted by Crippen LogP contribution is 2.19. The lowest BCUT2D eigenvalue weighted by Gasteiger charge is -2.11. The Balaban J connectivity index is 1.94. The van der Waals surface area contributed by atoms with Crippen LogP contribution in [0.2, 0.25) is 0 Å². The first kappa shape index (κ1) is 22.2. The van der Waals surface area contributed by atoms with Crippen LogP contribution in [0.15, 0.2) is 48.5 Å². The first-order valence-electron chi connectivity index (χ1n) is 9.17. The van der Waals surface area contributed by atoms with Crippen molar-refractivity contribution < 1.29 is 23.9 Å². The maximum absolute atomic E-state index is 12.6. The van der Waals surface area contributed by atoms with Crippen LogP contribution in [0.1, 0.15) is 46.5 Å². The molecule has 0 aromatic heterocycles. The molecule has 0 aliphatic rings. The van der Waals surface area contributed by atoms with Crippen LogP contribution in [-0.4, -0.2) is 35.7 Å². The number of benzene rings is 2. The van der Waals surface area contributed by atoms with Crippen LogP contribution in [0.25, 0.3) is 0 Å². The number of hydrogen-bond donors (Lipinski definition) is 1. The molecule has 2 aromatic carbocycles. The fraction of sp³-hybridized carbons (Fsp3) is 0.273. The molecule has 0 spiro atoms. The van der Waals surface area contributed by atoms with Gasteiger partial charge in [0.05, 0.1) is 6.61 Å². The van der Waals surface area contributed by atoms with E-state index in [2.05, 4.69) is 0 Å². The van der Waals surface area contributed by atoms with Gasteiger partial charge in [0.15, 0.2) is 18.2 Å². The van der Waals surface area contributed by atoms with E-state index in [1.165, 1.54) is 0 Å². The highest BCUT2D eigenvalue weighted by Gasteiger charge is 2.20. The second kappa shape index (κ2) is 10.5. The van der Waals surface area contributed by atoms with Gasteiger partial charge in [0.25, 0.3) is 0 Å². The lowest BCUT2D eigenvalue weighted by molar-refractivity contribution is -0.145. The quantitative estimate of drug-likeness (QED) is 0.362. The van der Waals surface area contributed by atoms with Crippen LogP contribution < -0.4 is 10.5 Å². The Morgan fingerprint density at radius 2 is 1.52 bits per heavy atom. The molecule has 152 valence electrons. The van der Waals surface area contributed by atoms with Crippen LogP contribution >= 0.6 is 12.2 Å². The van der Waals surface area contributed by atoms with Gasteiger partial charge in [-0.25, -0.2) is 4.79 Å². The zero-order valence-corrected chi connectivity index (χ0v) is 17.2. The van der Waals surface area contributed by atoms with Crippen LogP contribution in [0.3, 0.4) is 0 Å². The van der Waals surface area contributed by atoms with E-state index in [0.717, 1.165) is 0 Å². The van der Waals surface area contributed by atoms with Crippen LogP contribution in [0.5, 0.6) is 5.75 Å². The molecule has 0 radical (unpaired) electrons. The number of ether oxygens (including phenoxy) is 2. The fourth-order valence-corrected chi connectivity index (χ4v) is 2.79. The third-order valence-corrected chi connectivity index (χ3v) is 4.47. The number of carbonyl (C=O) groups excluding carboxylic acids is 3. The number of hydrogen-bond acceptors (Lipinski definition) is 6. The number of nitrogens with two attached hydrogens (primary N) is 1. The molecule has 0 saturated heterocycles. The highest BCUT2D eigenvalue weighted by atomic mass is 32.1. The lowest BCUT2D eigenvalue weighted by Crippen LogP contribution is -2.17. The number of esters is 1. The molecule has 0 bridgehead atoms. The summed E-state index contributed by atoms with van der Waals surface area (Å²) in [6, 6.07) is 13.1. The molecular weight excluding hydrogens is 390 g/mol. The molecule has 6 nitrogen and oxygen atoms in total. The average Bonchev–Trinajstić information content (AvgIpc) is 2.72. The third-order valence-electron chi connectivity index (χ3n) is 4.23. The van der Waals surface area contributed by atoms with Crippen LogP contribution in [0, 0.1) is 5.92 Å². The highest BCUT2D eigenvalue weighted by molar-refractivity contribution is 7.80. The Morgan fingerprint density at radius 1 is 0.966 bits per heavy atom. The van der Waals surface area contributed by atoms with Crippen LogP contribution in [0.4, 0.5) is 0 Å². The molecular formula is C22H23NO5S. The molecule has 0 heterocycles. The minimum absolute atomic E-state index is 0.0896. The molecule has 7 heteroatoms. The summed E-state index contributed by atoms with van der Waals surface area (Å²) in [6.07, 6.45) is 0.0896. The number of ketones is 2. The standard InChI is InChI=1S/C22H23NO5S/c1-3-27-20(25)13-28-18-10-8-16(9-11-18)21(26)14(2)12-19(24)15-4-6-17(7-5-15)22(23)29/h4-11,14H,3,12-13H2,1-2H3,(H2,23,29). The summed E-state index contributed by atoms with van der Waals surface area (Å²) in [6.45, 7) is 3.53. The van der Waals surface area contributed by atoms with Gasteiger partial charge in [-0.15, -0.1) is 0 Å². The SMILES string of the molecule is CCOC(=O)COc1ccc(C(=O)C(C)CC(=O)c2ccc(C(N)=S)cc2)cc1. The third kappa shape index (κ3) is 6.50. The Bertz CT molecular complexity index is 890. The minimum Gasteiger partial charge on any atom is -0.482 e. The van der Waals surface area contributed by atoms with Crippen molar-refractivity contribution in [2.24, 2.45) is 11.7 Å². The first-order chi connectivity index (χ1) is 13.8. The van der Waals surface area contributed by atoms with Crippen molar-refractivity contribution in [2.45, 2.75) is 20.3 Å². The van der Waals surface area contributed by atoms with E-state index in [4.69, 9.17) is 27.4 Å². The first-order valence-corrected chi connectivity index (χ1v) is 9.58. The van der Waals surface area contributed by atoms with Crippen molar-refractivity contribution in [3.05, 3.63) is 65.2 Å². The van der Waals surface area contributed by atoms with E-state index in [-0.39, 0.29) is 36.2 Å². The Hall–Kier alpha value is -3.06. The van der Waals surface area contributed by atoms with Gasteiger partial charge in [-0.3, -0.25) is 9.59 Å². The molecule has 0 saturated carbocycles. The summed E-state index contributed by atoms with van der Waals surface area (Å²) in [5.41, 5.74) is 7.22. The predicted molar refractivity (Wildman–Crippen MR) is 113 cm³/mol. The van der Waals surface area contributed by atoms with Gasteiger partial charge in [0.2, 0.25) is 0 Å². The van der Waals surface area contributed by atoms with Crippen molar-refractivity contribution in [2.75, 3.05) is 13.2 Å². The molecule has 0 amide bonds. The number of Topliss-reactive ketones (excluding diaryl/α,β-unsaturated/α-hetero) is 2. The summed E-state index contributed by atoms with van der Waals surface area (Å²) in [5, 5.41) is 0. The molecule has 2 rings (SSSR count). The molecule has 0 aliphatic carbocycles. The van der Waals surface area contributed by atoms with Gasteiger partial charge < -0.3 is 15.2 Å². The number of thiocarbonyl (C=S) groups is 1. The Kier molecular flexibility index (Phi) is 8.03. The van der Waals surface area contributed by atoms with Crippen molar-refractivity contribution in [1.29, 1.82) is 0 Å². The topological polar surface area (TPSA) is 95.7 Å². The molecule has 0 fully saturated rings. The van der Waals surface area contributed by atoms with E-state index in [0.29, 0.717) is 22.4 Å². The monoisotopic (exact) mass is 413 g/mol. The normalized spacial score (nSPS) is 11.4. The van der Waals surface area contributed by atoms with Gasteiger partial charge in [-0.05, 0) is 31.2 Å². The van der Waals surface area contributed by atoms with Gasteiger partial charge in [-0.2, -0.15) is 0 Å². The fourth-order valence-electron chi connectivity index (χ4n) is 2.65. The summed E-state index contributed by atoms with van der Waals surface area (Å²) >= 11 is 4.90. The van der Waals surface area contributed by atoms with Crippen LogP contribution in [-0.2, 0) is 9.53 Å². The minimum atomic E-state index is -0.482. The summed E-state index contributed by atoms with van der Waals surface area (Å²) in [4.78, 5) is 36.6. The second-order valence-corrected chi connectivity index (χ2v) is 6.89. The van der Waals surface area contributed by atoms with Gasteiger partial charge in [0, 0.05) is 29.0 Å². The van der Waals surface area contributed by atoms with Crippen molar-refractivity contribution >= 4 is 34.7 Å². The van der Waals surface area contributed by atoms with Gasteiger partial charge in [0.1, 0.15) is 10.7 Å². The predicted octanol–water partition coefficient (Wildman–Crippen LogP) is 3.35. The Labute approximate surface area is 175 Å². The lowest BCUT2D eigenvalue weighted by atomic mass is 9.92.